The largest absolute Gasteiger partial charge is 0.468 e. The molecular formula is C13H20N2O3S. The van der Waals surface area contributed by atoms with Crippen LogP contribution in [0.15, 0.2) is 5.38 Å². The lowest BCUT2D eigenvalue weighted by Gasteiger charge is -2.32. The molecule has 0 spiro atoms. The Morgan fingerprint density at radius 2 is 2.53 bits per heavy atom. The first-order chi connectivity index (χ1) is 9.24. The summed E-state index contributed by atoms with van der Waals surface area (Å²) in [4.78, 5) is 18.4. The molecule has 2 heterocycles. The summed E-state index contributed by atoms with van der Waals surface area (Å²) in [7, 11) is 1.41. The molecule has 1 atom stereocenters. The van der Waals surface area contributed by atoms with Gasteiger partial charge in [0.05, 0.1) is 31.0 Å². The first-order valence-corrected chi connectivity index (χ1v) is 7.45. The van der Waals surface area contributed by atoms with Crippen LogP contribution in [0.2, 0.25) is 0 Å². The first-order valence-electron chi connectivity index (χ1n) is 6.57. The van der Waals surface area contributed by atoms with Crippen molar-refractivity contribution in [3.05, 3.63) is 16.1 Å². The van der Waals surface area contributed by atoms with Gasteiger partial charge in [-0.05, 0) is 12.8 Å². The fourth-order valence-corrected chi connectivity index (χ4v) is 3.03. The van der Waals surface area contributed by atoms with Crippen molar-refractivity contribution in [2.45, 2.75) is 32.4 Å². The maximum absolute atomic E-state index is 11.7. The highest BCUT2D eigenvalue weighted by molar-refractivity contribution is 7.09. The quantitative estimate of drug-likeness (QED) is 0.766. The van der Waals surface area contributed by atoms with E-state index in [1.807, 2.05) is 0 Å². The molecule has 0 radical (unpaired) electrons. The van der Waals surface area contributed by atoms with Crippen LogP contribution in [-0.4, -0.2) is 48.8 Å². The molecule has 0 saturated carbocycles. The molecule has 0 N–H and O–H groups in total. The van der Waals surface area contributed by atoms with Crippen LogP contribution in [-0.2, 0) is 27.2 Å². The molecule has 1 aromatic heterocycles. The number of hydrogen-bond acceptors (Lipinski definition) is 6. The van der Waals surface area contributed by atoms with E-state index in [9.17, 15) is 4.79 Å². The Morgan fingerprint density at radius 1 is 1.68 bits per heavy atom. The lowest BCUT2D eigenvalue weighted by Crippen LogP contribution is -2.49. The van der Waals surface area contributed by atoms with Gasteiger partial charge in [-0.2, -0.15) is 0 Å². The zero-order chi connectivity index (χ0) is 13.7. The Bertz CT molecular complexity index is 422. The Hall–Kier alpha value is -0.980. The molecule has 0 aliphatic carbocycles. The summed E-state index contributed by atoms with van der Waals surface area (Å²) in [6.07, 6.45) is 2.13. The number of thiazole rings is 1. The van der Waals surface area contributed by atoms with Crippen molar-refractivity contribution in [3.63, 3.8) is 0 Å². The van der Waals surface area contributed by atoms with E-state index in [4.69, 9.17) is 9.47 Å². The first kappa shape index (κ1) is 14.4. The number of ether oxygens (including phenoxy) is 2. The average Bonchev–Trinajstić information content (AvgIpc) is 2.86. The van der Waals surface area contributed by atoms with Crippen molar-refractivity contribution in [3.8, 4) is 0 Å². The Kier molecular flexibility index (Phi) is 5.30. The predicted molar refractivity (Wildman–Crippen MR) is 73.1 cm³/mol. The molecular weight excluding hydrogens is 264 g/mol. The van der Waals surface area contributed by atoms with Crippen LogP contribution in [0.4, 0.5) is 0 Å². The molecule has 6 heteroatoms. The maximum Gasteiger partial charge on any atom is 0.325 e. The minimum atomic E-state index is -0.310. The Morgan fingerprint density at radius 3 is 3.26 bits per heavy atom. The number of aryl methyl sites for hydroxylation is 1. The fraction of sp³-hybridized carbons (Fsp3) is 0.692. The van der Waals surface area contributed by atoms with E-state index in [1.54, 1.807) is 11.3 Å². The number of morpholine rings is 1. The molecule has 1 aliphatic heterocycles. The van der Waals surface area contributed by atoms with Gasteiger partial charge in [0.2, 0.25) is 0 Å². The molecule has 1 fully saturated rings. The van der Waals surface area contributed by atoms with E-state index in [0.717, 1.165) is 25.1 Å². The van der Waals surface area contributed by atoms with E-state index < -0.39 is 0 Å². The van der Waals surface area contributed by atoms with Gasteiger partial charge in [-0.25, -0.2) is 4.98 Å². The van der Waals surface area contributed by atoms with E-state index in [2.05, 4.69) is 22.2 Å². The third-order valence-electron chi connectivity index (χ3n) is 3.14. The third kappa shape index (κ3) is 3.75. The number of carbonyl (C=O) groups excluding carboxylic acids is 1. The Labute approximate surface area is 117 Å². The molecule has 0 bridgehead atoms. The molecule has 0 amide bonds. The minimum Gasteiger partial charge on any atom is -0.468 e. The van der Waals surface area contributed by atoms with E-state index in [0.29, 0.717) is 19.8 Å². The van der Waals surface area contributed by atoms with Crippen molar-refractivity contribution >= 4 is 17.3 Å². The number of carbonyl (C=O) groups is 1. The molecule has 2 rings (SSSR count). The average molecular weight is 284 g/mol. The summed E-state index contributed by atoms with van der Waals surface area (Å²) in [6.45, 7) is 4.62. The van der Waals surface area contributed by atoms with Crippen LogP contribution in [0.25, 0.3) is 0 Å². The lowest BCUT2D eigenvalue weighted by molar-refractivity contribution is -0.153. The molecule has 1 aliphatic rings. The molecule has 106 valence electrons. The standard InChI is InChI=1S/C13H20N2O3S/c1-3-4-12-14-10(9-19-12)7-15-5-6-18-8-11(15)13(16)17-2/h9,11H,3-8H2,1-2H3. The second-order valence-electron chi connectivity index (χ2n) is 4.57. The SMILES string of the molecule is CCCc1nc(CN2CCOCC2C(=O)OC)cs1. The molecule has 5 nitrogen and oxygen atoms in total. The van der Waals surface area contributed by atoms with Crippen LogP contribution in [0.3, 0.4) is 0 Å². The normalized spacial score (nSPS) is 20.4. The zero-order valence-electron chi connectivity index (χ0n) is 11.4. The van der Waals surface area contributed by atoms with Gasteiger partial charge >= 0.3 is 5.97 Å². The highest BCUT2D eigenvalue weighted by atomic mass is 32.1. The van der Waals surface area contributed by atoms with Crippen LogP contribution in [0.1, 0.15) is 24.0 Å². The van der Waals surface area contributed by atoms with Gasteiger partial charge in [0.1, 0.15) is 6.04 Å². The fourth-order valence-electron chi connectivity index (χ4n) is 2.14. The molecule has 1 unspecified atom stereocenters. The number of hydrogen-bond donors (Lipinski definition) is 0. The van der Waals surface area contributed by atoms with Crippen LogP contribution in [0.5, 0.6) is 0 Å². The number of nitrogens with zero attached hydrogens (tertiary/aromatic N) is 2. The number of aromatic nitrogens is 1. The summed E-state index contributed by atoms with van der Waals surface area (Å²) in [5.41, 5.74) is 1.03. The topological polar surface area (TPSA) is 51.7 Å². The predicted octanol–water partition coefficient (Wildman–Crippen LogP) is 1.47. The lowest BCUT2D eigenvalue weighted by atomic mass is 10.2. The van der Waals surface area contributed by atoms with Crippen LogP contribution < -0.4 is 0 Å². The van der Waals surface area contributed by atoms with Gasteiger partial charge in [-0.1, -0.05) is 6.92 Å². The Balaban J connectivity index is 2.00. The van der Waals surface area contributed by atoms with Gasteiger partial charge < -0.3 is 9.47 Å². The van der Waals surface area contributed by atoms with Gasteiger partial charge in [-0.15, -0.1) is 11.3 Å². The summed E-state index contributed by atoms with van der Waals surface area (Å²) >= 11 is 1.69. The molecule has 1 saturated heterocycles. The van der Waals surface area contributed by atoms with Gasteiger partial charge in [0.25, 0.3) is 0 Å². The van der Waals surface area contributed by atoms with Crippen molar-refractivity contribution in [1.29, 1.82) is 0 Å². The highest BCUT2D eigenvalue weighted by Crippen LogP contribution is 2.17. The van der Waals surface area contributed by atoms with Crippen molar-refractivity contribution in [2.75, 3.05) is 26.9 Å². The minimum absolute atomic E-state index is 0.233. The summed E-state index contributed by atoms with van der Waals surface area (Å²) in [5, 5.41) is 3.25. The number of methoxy groups -OCH3 is 1. The molecule has 19 heavy (non-hydrogen) atoms. The molecule has 1 aromatic rings. The number of esters is 1. The van der Waals surface area contributed by atoms with Crippen LogP contribution in [0, 0.1) is 0 Å². The van der Waals surface area contributed by atoms with Crippen LogP contribution >= 0.6 is 11.3 Å². The zero-order valence-corrected chi connectivity index (χ0v) is 12.2. The monoisotopic (exact) mass is 284 g/mol. The van der Waals surface area contributed by atoms with Gasteiger partial charge in [-0.3, -0.25) is 9.69 Å². The smallest absolute Gasteiger partial charge is 0.325 e. The second kappa shape index (κ2) is 6.98. The highest BCUT2D eigenvalue weighted by Gasteiger charge is 2.30. The summed E-state index contributed by atoms with van der Waals surface area (Å²) in [5.74, 6) is -0.233. The second-order valence-corrected chi connectivity index (χ2v) is 5.51. The summed E-state index contributed by atoms with van der Waals surface area (Å²) < 4.78 is 10.2. The van der Waals surface area contributed by atoms with Crippen molar-refractivity contribution < 1.29 is 14.3 Å². The number of rotatable bonds is 5. The maximum atomic E-state index is 11.7. The third-order valence-corrected chi connectivity index (χ3v) is 4.10. The van der Waals surface area contributed by atoms with Gasteiger partial charge in [0.15, 0.2) is 0 Å². The van der Waals surface area contributed by atoms with Crippen molar-refractivity contribution in [1.82, 2.24) is 9.88 Å². The molecule has 0 aromatic carbocycles. The van der Waals surface area contributed by atoms with E-state index in [1.165, 1.54) is 12.1 Å². The van der Waals surface area contributed by atoms with E-state index >= 15 is 0 Å². The van der Waals surface area contributed by atoms with Gasteiger partial charge in [0, 0.05) is 18.5 Å². The van der Waals surface area contributed by atoms with Crippen molar-refractivity contribution in [2.24, 2.45) is 0 Å². The summed E-state index contributed by atoms with van der Waals surface area (Å²) in [6, 6.07) is -0.310. The van der Waals surface area contributed by atoms with E-state index in [-0.39, 0.29) is 12.0 Å².